The van der Waals surface area contributed by atoms with Crippen molar-refractivity contribution in [3.63, 3.8) is 0 Å². The Labute approximate surface area is 305 Å². The molecule has 0 fully saturated rings. The Balaban J connectivity index is 4.37. The molecule has 0 aromatic carbocycles. The zero-order valence-electron chi connectivity index (χ0n) is 33.2. The number of hydrogen-bond donors (Lipinski definition) is 4. The lowest BCUT2D eigenvalue weighted by molar-refractivity contribution is -0.137. The lowest BCUT2D eigenvalue weighted by Gasteiger charge is -2.28. The van der Waals surface area contributed by atoms with Crippen molar-refractivity contribution in [3.05, 3.63) is 0 Å². The van der Waals surface area contributed by atoms with Gasteiger partial charge in [0, 0.05) is 26.1 Å². The number of rotatable bonds is 38. The molecule has 0 saturated carbocycles. The van der Waals surface area contributed by atoms with Crippen LogP contribution in [0.4, 0.5) is 0 Å². The summed E-state index contributed by atoms with van der Waals surface area (Å²) in [7, 11) is 0. The summed E-state index contributed by atoms with van der Waals surface area (Å²) in [6, 6.07) is -0.507. The Bertz CT molecular complexity index is 733. The number of nitrogens with two attached hydrogens (primary N) is 1. The number of amides is 2. The van der Waals surface area contributed by atoms with Crippen LogP contribution in [0.1, 0.15) is 226 Å². The van der Waals surface area contributed by atoms with Crippen LogP contribution in [0.3, 0.4) is 0 Å². The first-order chi connectivity index (χ1) is 24.0. The third-order valence-electron chi connectivity index (χ3n) is 10.0. The van der Waals surface area contributed by atoms with Crippen LogP contribution in [0.15, 0.2) is 0 Å². The highest BCUT2D eigenvalue weighted by molar-refractivity contribution is 5.87. The molecule has 2 amide bonds. The van der Waals surface area contributed by atoms with Crippen molar-refractivity contribution in [2.24, 2.45) is 5.73 Å². The Hall–Kier alpha value is -1.79. The summed E-state index contributed by atoms with van der Waals surface area (Å²) in [5.74, 6) is 0.00283. The minimum Gasteiger partial charge on any atom is -0.370 e. The van der Waals surface area contributed by atoms with E-state index in [1.54, 1.807) is 0 Å². The summed E-state index contributed by atoms with van der Waals surface area (Å²) >= 11 is 0. The monoisotopic (exact) mass is 692 g/mol. The van der Waals surface area contributed by atoms with Gasteiger partial charge in [0.05, 0.1) is 0 Å². The largest absolute Gasteiger partial charge is 0.370 e. The van der Waals surface area contributed by atoms with E-state index in [0.717, 1.165) is 51.6 Å². The highest BCUT2D eigenvalue weighted by Gasteiger charge is 2.25. The zero-order valence-corrected chi connectivity index (χ0v) is 33.2. The van der Waals surface area contributed by atoms with E-state index >= 15 is 0 Å². The van der Waals surface area contributed by atoms with Crippen molar-refractivity contribution >= 4 is 17.8 Å². The van der Waals surface area contributed by atoms with E-state index in [-0.39, 0.29) is 17.8 Å². The fraction of sp³-hybridized carbons (Fsp3) is 0.929. The van der Waals surface area contributed by atoms with Gasteiger partial charge < -0.3 is 21.3 Å². The van der Waals surface area contributed by atoms with Gasteiger partial charge in [0.1, 0.15) is 6.04 Å². The van der Waals surface area contributed by atoms with E-state index in [1.807, 2.05) is 4.90 Å². The predicted molar refractivity (Wildman–Crippen MR) is 213 cm³/mol. The molecule has 7 nitrogen and oxygen atoms in total. The molecule has 0 aliphatic heterocycles. The van der Waals surface area contributed by atoms with Gasteiger partial charge in [0.2, 0.25) is 11.8 Å². The molecule has 0 aliphatic carbocycles. The molecular weight excluding hydrogens is 606 g/mol. The maximum Gasteiger partial charge on any atom is 0.245 e. The number of carbonyl (C=O) groups is 2. The van der Waals surface area contributed by atoms with Crippen molar-refractivity contribution in [1.29, 1.82) is 5.41 Å². The predicted octanol–water partition coefficient (Wildman–Crippen LogP) is 11.3. The van der Waals surface area contributed by atoms with E-state index in [9.17, 15) is 9.59 Å². The van der Waals surface area contributed by atoms with E-state index < -0.39 is 6.04 Å². The molecule has 0 aromatic heterocycles. The molecule has 0 heterocycles. The summed E-state index contributed by atoms with van der Waals surface area (Å²) in [5.41, 5.74) is 5.46. The van der Waals surface area contributed by atoms with Gasteiger partial charge in [-0.15, -0.1) is 0 Å². The third kappa shape index (κ3) is 33.1. The Morgan fingerprint density at radius 3 is 1.24 bits per heavy atom. The summed E-state index contributed by atoms with van der Waals surface area (Å²) in [6.45, 7) is 8.81. The quantitative estimate of drug-likeness (QED) is 0.0293. The minimum absolute atomic E-state index is 0.00399. The average Bonchev–Trinajstić information content (AvgIpc) is 3.09. The molecule has 0 aromatic rings. The lowest BCUT2D eigenvalue weighted by Crippen LogP contribution is -2.49. The number of unbranched alkanes of at least 4 members (excludes halogenated alkanes) is 26. The SMILES string of the molecule is CCCCCCCCCCCCCCCCCCCCCC(=O)N[C@@H](CCCNC(=N)N)C(=O)N(CCCCCCC)CCCCCCC. The highest BCUT2D eigenvalue weighted by atomic mass is 16.2. The van der Waals surface area contributed by atoms with Crippen LogP contribution in [-0.2, 0) is 9.59 Å². The second kappa shape index (κ2) is 37.5. The van der Waals surface area contributed by atoms with Gasteiger partial charge in [-0.3, -0.25) is 15.0 Å². The number of nitrogens with zero attached hydrogens (tertiary/aromatic N) is 1. The van der Waals surface area contributed by atoms with Crippen LogP contribution < -0.4 is 16.4 Å². The fourth-order valence-corrected chi connectivity index (χ4v) is 6.78. The average molecular weight is 692 g/mol. The van der Waals surface area contributed by atoms with Crippen molar-refractivity contribution in [2.75, 3.05) is 19.6 Å². The minimum atomic E-state index is -0.507. The van der Waals surface area contributed by atoms with Gasteiger partial charge in [-0.25, -0.2) is 0 Å². The van der Waals surface area contributed by atoms with E-state index in [2.05, 4.69) is 31.4 Å². The molecule has 0 spiro atoms. The molecule has 0 unspecified atom stereocenters. The van der Waals surface area contributed by atoms with Crippen molar-refractivity contribution in [3.8, 4) is 0 Å². The molecule has 0 saturated heterocycles. The van der Waals surface area contributed by atoms with Crippen molar-refractivity contribution in [2.45, 2.75) is 232 Å². The van der Waals surface area contributed by atoms with Gasteiger partial charge in [-0.1, -0.05) is 188 Å². The molecule has 7 heteroatoms. The maximum atomic E-state index is 13.8. The highest BCUT2D eigenvalue weighted by Crippen LogP contribution is 2.16. The number of guanidine groups is 1. The second-order valence-corrected chi connectivity index (χ2v) is 14.9. The third-order valence-corrected chi connectivity index (χ3v) is 10.0. The summed E-state index contributed by atoms with van der Waals surface area (Å²) in [5, 5.41) is 13.4. The number of hydrogen-bond acceptors (Lipinski definition) is 3. The van der Waals surface area contributed by atoms with Crippen LogP contribution in [0.5, 0.6) is 0 Å². The van der Waals surface area contributed by atoms with Gasteiger partial charge in [0.25, 0.3) is 0 Å². The summed E-state index contributed by atoms with van der Waals surface area (Å²) in [6.07, 6.45) is 38.8. The normalized spacial score (nSPS) is 11.8. The van der Waals surface area contributed by atoms with Crippen molar-refractivity contribution in [1.82, 2.24) is 15.5 Å². The van der Waals surface area contributed by atoms with Crippen LogP contribution in [-0.4, -0.2) is 48.3 Å². The summed E-state index contributed by atoms with van der Waals surface area (Å²) in [4.78, 5) is 28.9. The molecular formula is C42H85N5O2. The Kier molecular flexibility index (Phi) is 36.1. The molecule has 5 N–H and O–H groups in total. The van der Waals surface area contributed by atoms with Crippen LogP contribution in [0.2, 0.25) is 0 Å². The molecule has 0 radical (unpaired) electrons. The van der Waals surface area contributed by atoms with Gasteiger partial charge in [-0.2, -0.15) is 0 Å². The van der Waals surface area contributed by atoms with Crippen LogP contribution in [0.25, 0.3) is 0 Å². The number of nitrogens with one attached hydrogen (secondary N) is 3. The first kappa shape index (κ1) is 47.2. The fourth-order valence-electron chi connectivity index (χ4n) is 6.78. The van der Waals surface area contributed by atoms with Gasteiger partial charge >= 0.3 is 0 Å². The van der Waals surface area contributed by atoms with Gasteiger partial charge in [0.15, 0.2) is 5.96 Å². The molecule has 290 valence electrons. The molecule has 0 bridgehead atoms. The lowest BCUT2D eigenvalue weighted by atomic mass is 10.0. The Morgan fingerprint density at radius 1 is 0.531 bits per heavy atom. The number of carbonyl (C=O) groups excluding carboxylic acids is 2. The van der Waals surface area contributed by atoms with Crippen LogP contribution >= 0.6 is 0 Å². The second-order valence-electron chi connectivity index (χ2n) is 14.9. The molecule has 49 heavy (non-hydrogen) atoms. The first-order valence-corrected chi connectivity index (χ1v) is 21.6. The molecule has 1 atom stereocenters. The van der Waals surface area contributed by atoms with E-state index in [1.165, 1.54) is 148 Å². The topological polar surface area (TPSA) is 111 Å². The Morgan fingerprint density at radius 2 is 0.878 bits per heavy atom. The summed E-state index contributed by atoms with van der Waals surface area (Å²) < 4.78 is 0. The van der Waals surface area contributed by atoms with Crippen molar-refractivity contribution < 1.29 is 9.59 Å². The van der Waals surface area contributed by atoms with E-state index in [0.29, 0.717) is 25.8 Å². The van der Waals surface area contributed by atoms with Gasteiger partial charge in [-0.05, 0) is 32.1 Å². The van der Waals surface area contributed by atoms with Crippen LogP contribution in [0, 0.1) is 5.41 Å². The van der Waals surface area contributed by atoms with E-state index in [4.69, 9.17) is 11.1 Å². The maximum absolute atomic E-state index is 13.8. The first-order valence-electron chi connectivity index (χ1n) is 21.6. The smallest absolute Gasteiger partial charge is 0.245 e. The molecule has 0 rings (SSSR count). The zero-order chi connectivity index (χ0) is 36.0. The molecule has 0 aliphatic rings. The standard InChI is InChI=1S/C42H85N5O2/c1-4-7-10-13-14-15-16-17-18-19-20-21-22-23-24-25-26-27-30-35-40(48)46-39(34-33-36-45-42(43)44)41(49)47(37-31-28-11-8-5-2)38-32-29-12-9-6-3/h39H,4-38H2,1-3H3,(H,46,48)(H4,43,44,45)/t39-/m0/s1.